The number of aliphatic hydroxyl groups is 1. The number of pyridine rings is 1. The number of ether oxygens (including phenoxy) is 1. The van der Waals surface area contributed by atoms with Crippen molar-refractivity contribution in [3.05, 3.63) is 60.3 Å². The van der Waals surface area contributed by atoms with Gasteiger partial charge in [0.05, 0.1) is 29.2 Å². The molecule has 41 heavy (non-hydrogen) atoms. The van der Waals surface area contributed by atoms with Gasteiger partial charge in [0, 0.05) is 29.6 Å². The summed E-state index contributed by atoms with van der Waals surface area (Å²) in [6.45, 7) is 0. The molecule has 10 nitrogen and oxygen atoms in total. The van der Waals surface area contributed by atoms with Crippen LogP contribution in [-0.4, -0.2) is 49.7 Å². The molecule has 4 aromatic rings. The number of carbonyl (C=O) groups excluding carboxylic acids is 2. The highest BCUT2D eigenvalue weighted by molar-refractivity contribution is 6.05. The molecule has 10 heteroatoms. The predicted octanol–water partition coefficient (Wildman–Crippen LogP) is 4.86. The maximum Gasteiger partial charge on any atom is 0.256 e. The SMILES string of the molecule is COc1cc(NC(=O)C23CC4CC(CC(O)(C4)C2)C3)cc(O)c1-c1nc2ccc(C(=O)Nc3ccccn3)cc2[nH]1. The normalized spacial score (nSPS) is 26.2. The number of nitrogens with one attached hydrogen (secondary N) is 3. The summed E-state index contributed by atoms with van der Waals surface area (Å²) >= 11 is 0. The van der Waals surface area contributed by atoms with Crippen molar-refractivity contribution in [3.8, 4) is 22.9 Å². The fourth-order valence-corrected chi connectivity index (χ4v) is 7.71. The summed E-state index contributed by atoms with van der Waals surface area (Å²) in [5.41, 5.74) is 1.05. The average molecular weight is 554 g/mol. The fraction of sp³-hybridized carbons (Fsp3) is 0.355. The predicted molar refractivity (Wildman–Crippen MR) is 153 cm³/mol. The standard InChI is InChI=1S/C31H31N5O5/c1-41-24-11-20(33-29(39)30-12-17-8-18(13-30)15-31(40,14-17)16-30)10-23(37)26(24)27-34-21-6-5-19(9-22(21)35-27)28(38)36-25-4-2-3-7-32-25/h2-7,9-11,17-18,37,40H,8,12-16H2,1H3,(H,33,39)(H,34,35)(H,32,36,38). The molecule has 2 aromatic carbocycles. The van der Waals surface area contributed by atoms with Crippen molar-refractivity contribution in [2.75, 3.05) is 17.7 Å². The number of fused-ring (bicyclic) bond motifs is 1. The van der Waals surface area contributed by atoms with Crippen LogP contribution in [0.2, 0.25) is 0 Å². The monoisotopic (exact) mass is 553 g/mol. The molecule has 8 rings (SSSR count). The first-order valence-electron chi connectivity index (χ1n) is 13.9. The number of phenols is 1. The van der Waals surface area contributed by atoms with Gasteiger partial charge in [-0.05, 0) is 80.7 Å². The van der Waals surface area contributed by atoms with Gasteiger partial charge in [-0.3, -0.25) is 9.59 Å². The lowest BCUT2D eigenvalue weighted by Crippen LogP contribution is -2.59. The highest BCUT2D eigenvalue weighted by Gasteiger charge is 2.60. The lowest BCUT2D eigenvalue weighted by atomic mass is 9.47. The number of hydrogen-bond acceptors (Lipinski definition) is 7. The van der Waals surface area contributed by atoms with Crippen molar-refractivity contribution in [3.63, 3.8) is 0 Å². The van der Waals surface area contributed by atoms with Gasteiger partial charge in [-0.15, -0.1) is 0 Å². The van der Waals surface area contributed by atoms with Crippen LogP contribution in [0.4, 0.5) is 11.5 Å². The zero-order valence-electron chi connectivity index (χ0n) is 22.6. The summed E-state index contributed by atoms with van der Waals surface area (Å²) in [7, 11) is 1.49. The summed E-state index contributed by atoms with van der Waals surface area (Å²) in [6, 6.07) is 13.5. The van der Waals surface area contributed by atoms with Crippen molar-refractivity contribution in [1.82, 2.24) is 15.0 Å². The minimum absolute atomic E-state index is 0.112. The van der Waals surface area contributed by atoms with E-state index in [1.807, 2.05) is 0 Å². The molecule has 0 aliphatic heterocycles. The van der Waals surface area contributed by atoms with Gasteiger partial charge in [-0.1, -0.05) is 6.07 Å². The van der Waals surface area contributed by atoms with E-state index >= 15 is 0 Å². The third kappa shape index (κ3) is 4.48. The molecular formula is C31H31N5O5. The van der Waals surface area contributed by atoms with E-state index in [4.69, 9.17) is 4.74 Å². The van der Waals surface area contributed by atoms with Crippen LogP contribution in [0.5, 0.6) is 11.5 Å². The first-order chi connectivity index (χ1) is 19.7. The third-order valence-electron chi connectivity index (χ3n) is 8.96. The number of carbonyl (C=O) groups is 2. The van der Waals surface area contributed by atoms with E-state index in [1.54, 1.807) is 48.7 Å². The van der Waals surface area contributed by atoms with Crippen LogP contribution in [0.15, 0.2) is 54.7 Å². The van der Waals surface area contributed by atoms with Gasteiger partial charge in [0.2, 0.25) is 5.91 Å². The van der Waals surface area contributed by atoms with Gasteiger partial charge in [0.15, 0.2) is 0 Å². The molecule has 0 saturated heterocycles. The number of imidazole rings is 1. The van der Waals surface area contributed by atoms with Crippen LogP contribution in [0.25, 0.3) is 22.4 Å². The third-order valence-corrected chi connectivity index (χ3v) is 8.96. The second-order valence-corrected chi connectivity index (χ2v) is 12.0. The van der Waals surface area contributed by atoms with E-state index in [1.165, 1.54) is 13.2 Å². The Balaban J connectivity index is 1.14. The molecule has 2 amide bonds. The minimum Gasteiger partial charge on any atom is -0.507 e. The van der Waals surface area contributed by atoms with E-state index in [0.717, 1.165) is 32.1 Å². The zero-order valence-corrected chi connectivity index (χ0v) is 22.6. The second kappa shape index (κ2) is 9.31. The smallest absolute Gasteiger partial charge is 0.256 e. The Morgan fingerprint density at radius 1 is 1.05 bits per heavy atom. The minimum atomic E-state index is -0.745. The molecule has 4 fully saturated rings. The van der Waals surface area contributed by atoms with Crippen molar-refractivity contribution in [1.29, 1.82) is 0 Å². The number of anilines is 2. The highest BCUT2D eigenvalue weighted by Crippen LogP contribution is 2.62. The summed E-state index contributed by atoms with van der Waals surface area (Å²) in [5, 5.41) is 27.9. The van der Waals surface area contributed by atoms with Crippen LogP contribution < -0.4 is 15.4 Å². The number of aromatic amines is 1. The van der Waals surface area contributed by atoms with Gasteiger partial charge in [-0.2, -0.15) is 0 Å². The van der Waals surface area contributed by atoms with Crippen LogP contribution in [-0.2, 0) is 4.79 Å². The van der Waals surface area contributed by atoms with Gasteiger partial charge in [-0.25, -0.2) is 9.97 Å². The second-order valence-electron chi connectivity index (χ2n) is 12.0. The highest BCUT2D eigenvalue weighted by atomic mass is 16.5. The molecule has 4 bridgehead atoms. The maximum atomic E-state index is 13.6. The Kier molecular flexibility index (Phi) is 5.79. The Labute approximate surface area is 236 Å². The number of hydrogen-bond donors (Lipinski definition) is 5. The first kappa shape index (κ1) is 25.5. The molecular weight excluding hydrogens is 522 g/mol. The fourth-order valence-electron chi connectivity index (χ4n) is 7.71. The number of methoxy groups -OCH3 is 1. The Morgan fingerprint density at radius 2 is 1.85 bits per heavy atom. The molecule has 5 N–H and O–H groups in total. The number of aromatic hydroxyl groups is 1. The van der Waals surface area contributed by atoms with Crippen molar-refractivity contribution in [2.24, 2.45) is 17.3 Å². The van der Waals surface area contributed by atoms with Gasteiger partial charge >= 0.3 is 0 Å². The average Bonchev–Trinajstić information content (AvgIpc) is 3.34. The van der Waals surface area contributed by atoms with E-state index < -0.39 is 11.0 Å². The number of aromatic nitrogens is 3. The lowest BCUT2D eigenvalue weighted by Gasteiger charge is -2.59. The number of nitrogens with zero attached hydrogens (tertiary/aromatic N) is 2. The number of phenolic OH excluding ortho intramolecular Hbond substituents is 1. The van der Waals surface area contributed by atoms with E-state index in [0.29, 0.717) is 63.5 Å². The molecule has 2 heterocycles. The molecule has 2 atom stereocenters. The Hall–Kier alpha value is -4.44. The van der Waals surface area contributed by atoms with Crippen molar-refractivity contribution in [2.45, 2.75) is 44.1 Å². The molecule has 4 saturated carbocycles. The van der Waals surface area contributed by atoms with Crippen LogP contribution in [0.1, 0.15) is 48.9 Å². The van der Waals surface area contributed by atoms with Crippen molar-refractivity contribution < 1.29 is 24.5 Å². The van der Waals surface area contributed by atoms with Crippen LogP contribution in [0.3, 0.4) is 0 Å². The van der Waals surface area contributed by atoms with E-state index in [2.05, 4.69) is 25.6 Å². The Bertz CT molecular complexity index is 1670. The molecule has 4 aliphatic carbocycles. The van der Waals surface area contributed by atoms with E-state index in [9.17, 15) is 19.8 Å². The van der Waals surface area contributed by atoms with Crippen LogP contribution in [0, 0.1) is 17.3 Å². The summed E-state index contributed by atoms with van der Waals surface area (Å²) < 4.78 is 5.61. The topological polar surface area (TPSA) is 149 Å². The largest absolute Gasteiger partial charge is 0.507 e. The van der Waals surface area contributed by atoms with Crippen LogP contribution >= 0.6 is 0 Å². The molecule has 4 aliphatic rings. The number of rotatable bonds is 6. The number of H-pyrrole nitrogens is 1. The van der Waals surface area contributed by atoms with Gasteiger partial charge < -0.3 is 30.6 Å². The summed E-state index contributed by atoms with van der Waals surface area (Å²) in [4.78, 5) is 38.2. The van der Waals surface area contributed by atoms with E-state index in [-0.39, 0.29) is 17.6 Å². The summed E-state index contributed by atoms with van der Waals surface area (Å²) in [5.74, 6) is 1.36. The van der Waals surface area contributed by atoms with Gasteiger partial charge in [0.25, 0.3) is 5.91 Å². The lowest BCUT2D eigenvalue weighted by molar-refractivity contribution is -0.174. The Morgan fingerprint density at radius 3 is 2.56 bits per heavy atom. The van der Waals surface area contributed by atoms with Crippen molar-refractivity contribution >= 4 is 34.4 Å². The number of benzene rings is 2. The maximum absolute atomic E-state index is 13.6. The molecule has 2 aromatic heterocycles. The molecule has 0 radical (unpaired) electrons. The molecule has 210 valence electrons. The molecule has 0 spiro atoms. The number of amides is 2. The zero-order chi connectivity index (χ0) is 28.4. The molecule has 2 unspecified atom stereocenters. The summed E-state index contributed by atoms with van der Waals surface area (Å²) in [6.07, 6.45) is 6.34. The first-order valence-corrected chi connectivity index (χ1v) is 13.9. The quantitative estimate of drug-likeness (QED) is 0.229. The van der Waals surface area contributed by atoms with Gasteiger partial charge in [0.1, 0.15) is 28.7 Å².